The average Bonchev–Trinajstić information content (AvgIpc) is 2.34. The molecule has 1 aromatic carbocycles. The molecule has 1 rings (SSSR count). The second-order valence-electron chi connectivity index (χ2n) is 4.03. The fourth-order valence-electron chi connectivity index (χ4n) is 1.51. The van der Waals surface area contributed by atoms with Crippen LogP contribution in [0.5, 0.6) is 0 Å². The smallest absolute Gasteiger partial charge is 0.188 e. The van der Waals surface area contributed by atoms with E-state index < -0.39 is 0 Å². The number of guanidine groups is 1. The highest BCUT2D eigenvalue weighted by molar-refractivity contribution is 6.35. The Labute approximate surface area is 118 Å². The first-order valence-corrected chi connectivity index (χ1v) is 6.86. The van der Waals surface area contributed by atoms with Crippen molar-refractivity contribution in [2.45, 2.75) is 26.2 Å². The number of aryl methyl sites for hydroxylation is 1. The zero-order chi connectivity index (χ0) is 13.4. The summed E-state index contributed by atoms with van der Waals surface area (Å²) in [4.78, 5) is 4.16. The van der Waals surface area contributed by atoms with Crippen LogP contribution in [-0.2, 0) is 6.42 Å². The molecule has 0 bridgehead atoms. The lowest BCUT2D eigenvalue weighted by Crippen LogP contribution is -2.32. The van der Waals surface area contributed by atoms with E-state index in [1.54, 1.807) is 6.07 Å². The van der Waals surface area contributed by atoms with Crippen molar-refractivity contribution in [1.82, 2.24) is 5.32 Å². The van der Waals surface area contributed by atoms with E-state index in [1.165, 1.54) is 0 Å². The first-order valence-electron chi connectivity index (χ1n) is 6.11. The Hall–Kier alpha value is -0.930. The summed E-state index contributed by atoms with van der Waals surface area (Å²) in [7, 11) is 0. The fourth-order valence-corrected chi connectivity index (χ4v) is 2.01. The fraction of sp³-hybridized carbons (Fsp3) is 0.462. The molecule has 18 heavy (non-hydrogen) atoms. The first-order chi connectivity index (χ1) is 8.63. The molecule has 0 atom stereocenters. The third kappa shape index (κ3) is 5.61. The molecule has 100 valence electrons. The van der Waals surface area contributed by atoms with Crippen molar-refractivity contribution >= 4 is 29.2 Å². The maximum atomic E-state index is 6.09. The van der Waals surface area contributed by atoms with Crippen molar-refractivity contribution in [1.29, 1.82) is 0 Å². The van der Waals surface area contributed by atoms with Crippen LogP contribution in [0.2, 0.25) is 10.0 Å². The molecule has 0 aliphatic carbocycles. The zero-order valence-electron chi connectivity index (χ0n) is 10.5. The van der Waals surface area contributed by atoms with Gasteiger partial charge in [0.15, 0.2) is 5.96 Å². The summed E-state index contributed by atoms with van der Waals surface area (Å²) in [6, 6.07) is 5.58. The summed E-state index contributed by atoms with van der Waals surface area (Å²) in [5.41, 5.74) is 6.79. The molecule has 0 saturated carbocycles. The minimum atomic E-state index is 0.513. The van der Waals surface area contributed by atoms with Crippen LogP contribution in [-0.4, -0.2) is 19.0 Å². The predicted molar refractivity (Wildman–Crippen MR) is 79.6 cm³/mol. The van der Waals surface area contributed by atoms with Gasteiger partial charge in [-0.2, -0.15) is 0 Å². The Morgan fingerprint density at radius 3 is 2.83 bits per heavy atom. The third-order valence-corrected chi connectivity index (χ3v) is 3.04. The number of nitrogens with zero attached hydrogens (tertiary/aromatic N) is 1. The number of nitrogens with one attached hydrogen (secondary N) is 1. The van der Waals surface area contributed by atoms with Gasteiger partial charge in [-0.15, -0.1) is 0 Å². The van der Waals surface area contributed by atoms with Gasteiger partial charge in [-0.1, -0.05) is 36.2 Å². The van der Waals surface area contributed by atoms with Gasteiger partial charge in [-0.3, -0.25) is 4.99 Å². The quantitative estimate of drug-likeness (QED) is 0.479. The van der Waals surface area contributed by atoms with E-state index in [9.17, 15) is 0 Å². The molecular formula is C13H19Cl2N3. The molecular weight excluding hydrogens is 269 g/mol. The molecule has 0 unspecified atom stereocenters. The Bertz CT molecular complexity index is 405. The maximum Gasteiger partial charge on any atom is 0.188 e. The van der Waals surface area contributed by atoms with Crippen LogP contribution < -0.4 is 11.1 Å². The molecule has 3 nitrogen and oxygen atoms in total. The van der Waals surface area contributed by atoms with Crippen molar-refractivity contribution in [3.8, 4) is 0 Å². The van der Waals surface area contributed by atoms with E-state index in [4.69, 9.17) is 28.9 Å². The summed E-state index contributed by atoms with van der Waals surface area (Å²) in [5, 5.41) is 4.46. The number of nitrogens with two attached hydrogens (primary N) is 1. The van der Waals surface area contributed by atoms with Gasteiger partial charge < -0.3 is 11.1 Å². The predicted octanol–water partition coefficient (Wildman–Crippen LogP) is 3.24. The van der Waals surface area contributed by atoms with Crippen molar-refractivity contribution in [2.24, 2.45) is 10.7 Å². The molecule has 0 aliphatic heterocycles. The molecule has 0 saturated heterocycles. The monoisotopic (exact) mass is 287 g/mol. The average molecular weight is 288 g/mol. The van der Waals surface area contributed by atoms with Crippen molar-refractivity contribution in [3.05, 3.63) is 33.8 Å². The highest BCUT2D eigenvalue weighted by Gasteiger charge is 2.01. The number of hydrogen-bond donors (Lipinski definition) is 2. The largest absolute Gasteiger partial charge is 0.370 e. The van der Waals surface area contributed by atoms with Crippen molar-refractivity contribution < 1.29 is 0 Å². The lowest BCUT2D eigenvalue weighted by molar-refractivity contribution is 0.764. The Morgan fingerprint density at radius 1 is 1.39 bits per heavy atom. The van der Waals surface area contributed by atoms with E-state index in [2.05, 4.69) is 17.2 Å². The van der Waals surface area contributed by atoms with Gasteiger partial charge in [0.1, 0.15) is 0 Å². The van der Waals surface area contributed by atoms with E-state index in [0.717, 1.165) is 42.9 Å². The topological polar surface area (TPSA) is 50.4 Å². The number of aliphatic imine (C=N–C) groups is 1. The van der Waals surface area contributed by atoms with Gasteiger partial charge >= 0.3 is 0 Å². The van der Waals surface area contributed by atoms with Crippen LogP contribution in [0, 0.1) is 0 Å². The lowest BCUT2D eigenvalue weighted by Gasteiger charge is -2.07. The lowest BCUT2D eigenvalue weighted by atomic mass is 10.1. The van der Waals surface area contributed by atoms with Crippen molar-refractivity contribution in [3.63, 3.8) is 0 Å². The summed E-state index contributed by atoms with van der Waals surface area (Å²) < 4.78 is 0. The molecule has 3 N–H and O–H groups in total. The van der Waals surface area contributed by atoms with Gasteiger partial charge in [0.25, 0.3) is 0 Å². The van der Waals surface area contributed by atoms with Crippen LogP contribution in [0.1, 0.15) is 25.3 Å². The molecule has 0 radical (unpaired) electrons. The Morgan fingerprint density at radius 2 is 2.17 bits per heavy atom. The molecule has 0 aliphatic rings. The van der Waals surface area contributed by atoms with E-state index in [1.807, 2.05) is 12.1 Å². The summed E-state index contributed by atoms with van der Waals surface area (Å²) in [6.07, 6.45) is 2.84. The van der Waals surface area contributed by atoms with Gasteiger partial charge in [-0.25, -0.2) is 0 Å². The summed E-state index contributed by atoms with van der Waals surface area (Å²) >= 11 is 11.9. The first kappa shape index (κ1) is 15.1. The highest BCUT2D eigenvalue weighted by atomic mass is 35.5. The van der Waals surface area contributed by atoms with Gasteiger partial charge in [0.05, 0.1) is 0 Å². The van der Waals surface area contributed by atoms with E-state index in [-0.39, 0.29) is 0 Å². The number of benzene rings is 1. The SMILES string of the molecule is CCCN=C(N)NCCCc1ccc(Cl)cc1Cl. The molecule has 1 aromatic rings. The standard InChI is InChI=1S/C13H19Cl2N3/c1-2-7-17-13(16)18-8-3-4-10-5-6-11(14)9-12(10)15/h5-6,9H,2-4,7-8H2,1H3,(H3,16,17,18). The third-order valence-electron chi connectivity index (χ3n) is 2.45. The number of halogens is 2. The van der Waals surface area contributed by atoms with Gasteiger partial charge in [-0.05, 0) is 37.0 Å². The summed E-state index contributed by atoms with van der Waals surface area (Å²) in [5.74, 6) is 0.513. The van der Waals surface area contributed by atoms with Crippen molar-refractivity contribution in [2.75, 3.05) is 13.1 Å². The molecule has 0 spiro atoms. The second kappa shape index (κ2) is 8.22. The molecule has 0 heterocycles. The van der Waals surface area contributed by atoms with E-state index >= 15 is 0 Å². The number of rotatable bonds is 6. The highest BCUT2D eigenvalue weighted by Crippen LogP contribution is 2.21. The minimum absolute atomic E-state index is 0.513. The summed E-state index contributed by atoms with van der Waals surface area (Å²) in [6.45, 7) is 3.62. The normalized spacial score (nSPS) is 11.6. The minimum Gasteiger partial charge on any atom is -0.370 e. The number of hydrogen-bond acceptors (Lipinski definition) is 1. The van der Waals surface area contributed by atoms with Crippen LogP contribution in [0.4, 0.5) is 0 Å². The molecule has 0 amide bonds. The molecule has 0 aromatic heterocycles. The second-order valence-corrected chi connectivity index (χ2v) is 4.88. The van der Waals surface area contributed by atoms with Gasteiger partial charge in [0.2, 0.25) is 0 Å². The zero-order valence-corrected chi connectivity index (χ0v) is 12.1. The van der Waals surface area contributed by atoms with Gasteiger partial charge in [0, 0.05) is 23.1 Å². The Kier molecular flexibility index (Phi) is 6.91. The van der Waals surface area contributed by atoms with Crippen LogP contribution in [0.15, 0.2) is 23.2 Å². The van der Waals surface area contributed by atoms with Crippen LogP contribution in [0.3, 0.4) is 0 Å². The Balaban J connectivity index is 2.29. The molecule has 5 heteroatoms. The van der Waals surface area contributed by atoms with E-state index in [0.29, 0.717) is 11.0 Å². The van der Waals surface area contributed by atoms with Crippen LogP contribution >= 0.6 is 23.2 Å². The van der Waals surface area contributed by atoms with Crippen LogP contribution in [0.25, 0.3) is 0 Å². The molecule has 0 fully saturated rings. The maximum absolute atomic E-state index is 6.09.